The number of benzene rings is 1. The Morgan fingerprint density at radius 3 is 2.71 bits per heavy atom. The molecule has 2 rings (SSSR count). The molecule has 0 aliphatic heterocycles. The number of carbonyl (C=O) groups excluding carboxylic acids is 1. The van der Waals surface area contributed by atoms with E-state index < -0.39 is 0 Å². The molecule has 2 aromatic rings. The molecule has 1 heterocycles. The van der Waals surface area contributed by atoms with Crippen molar-refractivity contribution < 1.29 is 4.79 Å². The molecular formula is C16H19N3OS. The molecule has 1 amide bonds. The Kier molecular flexibility index (Phi) is 5.75. The van der Waals surface area contributed by atoms with E-state index in [2.05, 4.69) is 22.2 Å². The molecule has 1 aromatic carbocycles. The summed E-state index contributed by atoms with van der Waals surface area (Å²) in [5.74, 6) is -0.116. The summed E-state index contributed by atoms with van der Waals surface area (Å²) >= 11 is 1.49. The zero-order valence-corrected chi connectivity index (χ0v) is 13.1. The molecule has 1 aromatic heterocycles. The summed E-state index contributed by atoms with van der Waals surface area (Å²) in [6, 6.07) is 9.85. The summed E-state index contributed by atoms with van der Waals surface area (Å²) in [6.45, 7) is 2.59. The maximum absolute atomic E-state index is 12.3. The monoisotopic (exact) mass is 301 g/mol. The summed E-state index contributed by atoms with van der Waals surface area (Å²) < 4.78 is 0. The van der Waals surface area contributed by atoms with Crippen LogP contribution < -0.4 is 5.32 Å². The van der Waals surface area contributed by atoms with Crippen molar-refractivity contribution >= 4 is 17.7 Å². The first kappa shape index (κ1) is 15.5. The van der Waals surface area contributed by atoms with Gasteiger partial charge in [-0.15, -0.1) is 0 Å². The lowest BCUT2D eigenvalue weighted by molar-refractivity contribution is 0.0949. The van der Waals surface area contributed by atoms with Gasteiger partial charge in [-0.3, -0.25) is 4.79 Å². The molecule has 1 N–H and O–H groups in total. The maximum atomic E-state index is 12.3. The molecule has 4 nitrogen and oxygen atoms in total. The fourth-order valence-corrected chi connectivity index (χ4v) is 2.35. The smallest absolute Gasteiger partial charge is 0.254 e. The van der Waals surface area contributed by atoms with Crippen molar-refractivity contribution in [2.24, 2.45) is 0 Å². The van der Waals surface area contributed by atoms with Crippen LogP contribution in [-0.2, 0) is 13.0 Å². The van der Waals surface area contributed by atoms with Gasteiger partial charge in [0, 0.05) is 12.7 Å². The number of thioether (sulfide) groups is 1. The molecule has 0 saturated heterocycles. The number of aromatic nitrogens is 2. The Morgan fingerprint density at radius 1 is 1.29 bits per heavy atom. The van der Waals surface area contributed by atoms with Crippen LogP contribution in [0.25, 0.3) is 0 Å². The van der Waals surface area contributed by atoms with E-state index in [4.69, 9.17) is 0 Å². The Balaban J connectivity index is 2.11. The number of hydrogen-bond donors (Lipinski definition) is 1. The van der Waals surface area contributed by atoms with Gasteiger partial charge in [0.05, 0.1) is 11.3 Å². The van der Waals surface area contributed by atoms with E-state index >= 15 is 0 Å². The second kappa shape index (κ2) is 7.78. The van der Waals surface area contributed by atoms with Crippen molar-refractivity contribution in [2.75, 3.05) is 6.26 Å². The highest BCUT2D eigenvalue weighted by Crippen LogP contribution is 2.14. The molecular weight excluding hydrogens is 282 g/mol. The van der Waals surface area contributed by atoms with Crippen LogP contribution in [0, 0.1) is 0 Å². The third kappa shape index (κ3) is 4.29. The zero-order valence-electron chi connectivity index (χ0n) is 12.3. The minimum atomic E-state index is -0.116. The van der Waals surface area contributed by atoms with Gasteiger partial charge in [0.25, 0.3) is 5.91 Å². The Labute approximate surface area is 129 Å². The summed E-state index contributed by atoms with van der Waals surface area (Å²) in [4.78, 5) is 21.0. The Hall–Kier alpha value is -1.88. The molecule has 0 atom stereocenters. The van der Waals surface area contributed by atoms with Crippen LogP contribution in [0.2, 0.25) is 0 Å². The van der Waals surface area contributed by atoms with Crippen LogP contribution in [0.15, 0.2) is 41.7 Å². The van der Waals surface area contributed by atoms with Crippen molar-refractivity contribution in [3.63, 3.8) is 0 Å². The normalized spacial score (nSPS) is 10.4. The first-order chi connectivity index (χ1) is 10.2. The Bertz CT molecular complexity index is 602. The highest BCUT2D eigenvalue weighted by atomic mass is 32.2. The first-order valence-electron chi connectivity index (χ1n) is 6.96. The summed E-state index contributed by atoms with van der Waals surface area (Å²) in [5, 5.41) is 3.63. The minimum absolute atomic E-state index is 0.116. The second-order valence-electron chi connectivity index (χ2n) is 4.64. The minimum Gasteiger partial charge on any atom is -0.348 e. The third-order valence-electron chi connectivity index (χ3n) is 3.06. The van der Waals surface area contributed by atoms with Gasteiger partial charge in [-0.05, 0) is 18.2 Å². The van der Waals surface area contributed by atoms with E-state index in [9.17, 15) is 4.79 Å². The molecule has 0 aliphatic rings. The molecule has 0 spiro atoms. The number of nitrogens with zero attached hydrogens (tertiary/aromatic N) is 2. The number of carbonyl (C=O) groups is 1. The summed E-state index contributed by atoms with van der Waals surface area (Å²) in [5.41, 5.74) is 2.47. The number of nitrogens with one attached hydrogen (secondary N) is 1. The topological polar surface area (TPSA) is 54.9 Å². The van der Waals surface area contributed by atoms with E-state index in [1.807, 2.05) is 36.6 Å². The largest absolute Gasteiger partial charge is 0.348 e. The average molecular weight is 301 g/mol. The fourth-order valence-electron chi connectivity index (χ4n) is 1.99. The predicted octanol–water partition coefficient (Wildman–Crippen LogP) is 3.08. The molecule has 0 radical (unpaired) electrons. The summed E-state index contributed by atoms with van der Waals surface area (Å²) in [6.07, 6.45) is 5.29. The van der Waals surface area contributed by atoms with E-state index in [1.165, 1.54) is 11.8 Å². The molecule has 21 heavy (non-hydrogen) atoms. The van der Waals surface area contributed by atoms with Crippen molar-refractivity contribution in [1.82, 2.24) is 15.3 Å². The fraction of sp³-hybridized carbons (Fsp3) is 0.312. The lowest BCUT2D eigenvalue weighted by Gasteiger charge is -2.09. The molecule has 5 heteroatoms. The van der Waals surface area contributed by atoms with Crippen LogP contribution in [0.3, 0.4) is 0 Å². The van der Waals surface area contributed by atoms with Gasteiger partial charge in [-0.25, -0.2) is 9.97 Å². The SMILES string of the molecule is CCCc1nc(SC)ncc1C(=O)NCc1ccccc1. The number of amides is 1. The molecule has 110 valence electrons. The molecule has 0 unspecified atom stereocenters. The van der Waals surface area contributed by atoms with Crippen LogP contribution in [0.5, 0.6) is 0 Å². The van der Waals surface area contributed by atoms with Gasteiger partial charge < -0.3 is 5.32 Å². The van der Waals surface area contributed by atoms with E-state index in [1.54, 1.807) is 6.20 Å². The number of hydrogen-bond acceptors (Lipinski definition) is 4. The van der Waals surface area contributed by atoms with Crippen LogP contribution >= 0.6 is 11.8 Å². The van der Waals surface area contributed by atoms with Gasteiger partial charge >= 0.3 is 0 Å². The van der Waals surface area contributed by atoms with Crippen molar-refractivity contribution in [3.8, 4) is 0 Å². The standard InChI is InChI=1S/C16H19N3OS/c1-3-7-14-13(11-18-16(19-14)21-2)15(20)17-10-12-8-5-4-6-9-12/h4-6,8-9,11H,3,7,10H2,1-2H3,(H,17,20). The molecule has 0 fully saturated rings. The molecule has 0 aliphatic carbocycles. The Morgan fingerprint density at radius 2 is 2.05 bits per heavy atom. The highest BCUT2D eigenvalue weighted by molar-refractivity contribution is 7.98. The van der Waals surface area contributed by atoms with Gasteiger partial charge in [-0.1, -0.05) is 55.4 Å². The van der Waals surface area contributed by atoms with Crippen molar-refractivity contribution in [1.29, 1.82) is 0 Å². The number of aryl methyl sites for hydroxylation is 1. The number of rotatable bonds is 6. The lowest BCUT2D eigenvalue weighted by atomic mass is 10.1. The quantitative estimate of drug-likeness (QED) is 0.658. The van der Waals surface area contributed by atoms with Crippen LogP contribution in [0.1, 0.15) is 35.0 Å². The molecule has 0 saturated carbocycles. The summed E-state index contributed by atoms with van der Waals surface area (Å²) in [7, 11) is 0. The first-order valence-corrected chi connectivity index (χ1v) is 8.19. The van der Waals surface area contributed by atoms with E-state index in [0.29, 0.717) is 17.3 Å². The second-order valence-corrected chi connectivity index (χ2v) is 5.41. The van der Waals surface area contributed by atoms with Crippen molar-refractivity contribution in [3.05, 3.63) is 53.3 Å². The van der Waals surface area contributed by atoms with E-state index in [-0.39, 0.29) is 5.91 Å². The van der Waals surface area contributed by atoms with Gasteiger partial charge in [0.2, 0.25) is 0 Å². The van der Waals surface area contributed by atoms with Crippen LogP contribution in [0.4, 0.5) is 0 Å². The lowest BCUT2D eigenvalue weighted by Crippen LogP contribution is -2.24. The van der Waals surface area contributed by atoms with Gasteiger partial charge in [-0.2, -0.15) is 0 Å². The zero-order chi connectivity index (χ0) is 15.1. The van der Waals surface area contributed by atoms with Crippen LogP contribution in [-0.4, -0.2) is 22.1 Å². The van der Waals surface area contributed by atoms with Crippen molar-refractivity contribution in [2.45, 2.75) is 31.5 Å². The van der Waals surface area contributed by atoms with Gasteiger partial charge in [0.1, 0.15) is 0 Å². The predicted molar refractivity (Wildman–Crippen MR) is 85.4 cm³/mol. The highest BCUT2D eigenvalue weighted by Gasteiger charge is 2.13. The molecule has 0 bridgehead atoms. The third-order valence-corrected chi connectivity index (χ3v) is 3.62. The average Bonchev–Trinajstić information content (AvgIpc) is 2.54. The van der Waals surface area contributed by atoms with Gasteiger partial charge in [0.15, 0.2) is 5.16 Å². The van der Waals surface area contributed by atoms with E-state index in [0.717, 1.165) is 24.1 Å². The maximum Gasteiger partial charge on any atom is 0.254 e.